The van der Waals surface area contributed by atoms with Crippen LogP contribution in [0, 0.1) is 0 Å². The average molecular weight is 442 g/mol. The Labute approximate surface area is 189 Å². The van der Waals surface area contributed by atoms with Crippen molar-refractivity contribution in [2.24, 2.45) is 0 Å². The zero-order chi connectivity index (χ0) is 22.2. The number of carbonyl (C=O) groups is 1. The maximum Gasteiger partial charge on any atom is 0.239 e. The monoisotopic (exact) mass is 442 g/mol. The molecule has 0 spiro atoms. The van der Waals surface area contributed by atoms with E-state index < -0.39 is 0 Å². The molecule has 4 aromatic rings. The number of aromatic nitrogens is 5. The zero-order valence-electron chi connectivity index (χ0n) is 17.9. The molecule has 2 aliphatic rings. The minimum atomic E-state index is 0.0116. The Morgan fingerprint density at radius 2 is 2.12 bits per heavy atom. The Bertz CT molecular complexity index is 1330. The van der Waals surface area contributed by atoms with Crippen LogP contribution in [-0.4, -0.2) is 56.7 Å². The number of hydrogen-bond acceptors (Lipinski definition) is 8. The normalized spacial score (nSPS) is 15.3. The number of benzene rings is 1. The molecule has 2 aliphatic heterocycles. The highest BCUT2D eigenvalue weighted by Gasteiger charge is 2.19. The number of nitrogens with zero attached hydrogens (tertiary/aromatic N) is 6. The number of piperazine rings is 1. The van der Waals surface area contributed by atoms with Gasteiger partial charge in [0.05, 0.1) is 13.2 Å². The molecule has 166 valence electrons. The van der Waals surface area contributed by atoms with Crippen molar-refractivity contribution in [1.29, 1.82) is 0 Å². The van der Waals surface area contributed by atoms with E-state index in [4.69, 9.17) is 4.74 Å². The van der Waals surface area contributed by atoms with E-state index in [1.165, 1.54) is 11.1 Å². The van der Waals surface area contributed by atoms with Crippen LogP contribution in [0.1, 0.15) is 11.1 Å². The predicted octanol–water partition coefficient (Wildman–Crippen LogP) is 1.67. The van der Waals surface area contributed by atoms with E-state index in [9.17, 15) is 4.79 Å². The first kappa shape index (κ1) is 19.5. The van der Waals surface area contributed by atoms with Crippen molar-refractivity contribution in [3.8, 4) is 16.9 Å². The summed E-state index contributed by atoms with van der Waals surface area (Å²) in [7, 11) is 0. The van der Waals surface area contributed by atoms with Gasteiger partial charge >= 0.3 is 0 Å². The van der Waals surface area contributed by atoms with Gasteiger partial charge in [0.2, 0.25) is 11.9 Å². The third kappa shape index (κ3) is 3.59. The minimum absolute atomic E-state index is 0.0116. The summed E-state index contributed by atoms with van der Waals surface area (Å²) >= 11 is 0. The average Bonchev–Trinajstić information content (AvgIpc) is 3.53. The molecule has 3 aromatic heterocycles. The zero-order valence-corrected chi connectivity index (χ0v) is 17.9. The van der Waals surface area contributed by atoms with Gasteiger partial charge < -0.3 is 20.3 Å². The van der Waals surface area contributed by atoms with Crippen LogP contribution < -0.4 is 20.3 Å². The molecule has 0 unspecified atom stereocenters. The lowest BCUT2D eigenvalue weighted by molar-refractivity contribution is -0.120. The van der Waals surface area contributed by atoms with Crippen LogP contribution in [0.4, 0.5) is 11.8 Å². The number of pyridine rings is 1. The van der Waals surface area contributed by atoms with Gasteiger partial charge in [0.15, 0.2) is 5.65 Å². The Balaban J connectivity index is 1.25. The number of hydrogen-bond donors (Lipinski definition) is 2. The Morgan fingerprint density at radius 1 is 1.15 bits per heavy atom. The van der Waals surface area contributed by atoms with Gasteiger partial charge in [-0.15, -0.1) is 10.2 Å². The van der Waals surface area contributed by atoms with Crippen molar-refractivity contribution in [3.05, 3.63) is 60.2 Å². The first-order chi connectivity index (χ1) is 16.3. The van der Waals surface area contributed by atoms with Gasteiger partial charge in [-0.1, -0.05) is 12.1 Å². The molecule has 10 heteroatoms. The lowest BCUT2D eigenvalue weighted by Gasteiger charge is -2.27. The number of nitrogens with one attached hydrogen (secondary N) is 2. The maximum atomic E-state index is 11.7. The van der Waals surface area contributed by atoms with E-state index in [2.05, 4.69) is 36.9 Å². The van der Waals surface area contributed by atoms with Gasteiger partial charge in [-0.05, 0) is 23.8 Å². The van der Waals surface area contributed by atoms with Crippen molar-refractivity contribution in [2.75, 3.05) is 36.5 Å². The summed E-state index contributed by atoms with van der Waals surface area (Å²) in [6, 6.07) is 10.0. The largest absolute Gasteiger partial charge is 0.493 e. The van der Waals surface area contributed by atoms with Crippen LogP contribution in [0.15, 0.2) is 49.1 Å². The van der Waals surface area contributed by atoms with E-state index in [-0.39, 0.29) is 5.91 Å². The number of ether oxygens (including phenoxy) is 1. The molecule has 5 heterocycles. The lowest BCUT2D eigenvalue weighted by atomic mass is 10.1. The van der Waals surface area contributed by atoms with Crippen LogP contribution in [0.25, 0.3) is 16.8 Å². The maximum absolute atomic E-state index is 11.7. The van der Waals surface area contributed by atoms with Crippen LogP contribution in [0.3, 0.4) is 0 Å². The number of carbonyl (C=O) groups excluding carboxylic acids is 1. The molecule has 1 saturated heterocycles. The van der Waals surface area contributed by atoms with E-state index in [0.717, 1.165) is 42.3 Å². The highest BCUT2D eigenvalue weighted by molar-refractivity contribution is 5.82. The van der Waals surface area contributed by atoms with Crippen molar-refractivity contribution in [2.45, 2.75) is 13.0 Å². The summed E-state index contributed by atoms with van der Waals surface area (Å²) in [5.41, 5.74) is 4.86. The highest BCUT2D eigenvalue weighted by atomic mass is 16.5. The van der Waals surface area contributed by atoms with Crippen LogP contribution >= 0.6 is 0 Å². The third-order valence-electron chi connectivity index (χ3n) is 6.03. The fourth-order valence-electron chi connectivity index (χ4n) is 4.35. The molecule has 0 atom stereocenters. The molecule has 1 aromatic carbocycles. The smallest absolute Gasteiger partial charge is 0.239 e. The number of fused-ring (bicyclic) bond motifs is 2. The molecule has 1 amide bonds. The van der Waals surface area contributed by atoms with E-state index >= 15 is 0 Å². The third-order valence-corrected chi connectivity index (χ3v) is 6.03. The summed E-state index contributed by atoms with van der Waals surface area (Å²) in [5, 5.41) is 14.7. The Hall–Kier alpha value is -4.21. The SMILES string of the molecule is O=C1CN(c2ccc(-c3cnc(NCc4cccc5c4CCO5)n4cnnc34)cn2)CCN1. The summed E-state index contributed by atoms with van der Waals surface area (Å²) in [6.07, 6.45) is 6.15. The second-order valence-corrected chi connectivity index (χ2v) is 8.04. The van der Waals surface area contributed by atoms with Gasteiger partial charge in [0, 0.05) is 55.1 Å². The van der Waals surface area contributed by atoms with Crippen LogP contribution in [0.5, 0.6) is 5.75 Å². The van der Waals surface area contributed by atoms with Crippen LogP contribution in [-0.2, 0) is 17.8 Å². The molecule has 10 nitrogen and oxygen atoms in total. The second kappa shape index (κ2) is 8.05. The molecule has 1 fully saturated rings. The van der Waals surface area contributed by atoms with Gasteiger partial charge in [-0.2, -0.15) is 0 Å². The van der Waals surface area contributed by atoms with Gasteiger partial charge in [0.1, 0.15) is 17.9 Å². The minimum Gasteiger partial charge on any atom is -0.493 e. The quantitative estimate of drug-likeness (QED) is 0.480. The van der Waals surface area contributed by atoms with Crippen molar-refractivity contribution in [3.63, 3.8) is 0 Å². The van der Waals surface area contributed by atoms with Gasteiger partial charge in [-0.25, -0.2) is 9.97 Å². The fraction of sp³-hybridized carbons (Fsp3) is 0.261. The summed E-state index contributed by atoms with van der Waals surface area (Å²) in [6.45, 7) is 3.04. The molecule has 0 saturated carbocycles. The number of rotatable bonds is 5. The second-order valence-electron chi connectivity index (χ2n) is 8.04. The van der Waals surface area contributed by atoms with Gasteiger partial charge in [-0.3, -0.25) is 9.20 Å². The lowest BCUT2D eigenvalue weighted by Crippen LogP contribution is -2.48. The summed E-state index contributed by atoms with van der Waals surface area (Å²) in [4.78, 5) is 22.8. The molecule has 6 rings (SSSR count). The topological polar surface area (TPSA) is 110 Å². The van der Waals surface area contributed by atoms with Crippen LogP contribution in [0.2, 0.25) is 0 Å². The summed E-state index contributed by atoms with van der Waals surface area (Å²) < 4.78 is 7.51. The number of anilines is 2. The first-order valence-electron chi connectivity index (χ1n) is 10.9. The molecule has 2 N–H and O–H groups in total. The molecular weight excluding hydrogens is 420 g/mol. The Kier molecular flexibility index (Phi) is 4.75. The molecule has 33 heavy (non-hydrogen) atoms. The van der Waals surface area contributed by atoms with Crippen molar-refractivity contribution >= 4 is 23.3 Å². The predicted molar refractivity (Wildman–Crippen MR) is 122 cm³/mol. The van der Waals surface area contributed by atoms with E-state index in [0.29, 0.717) is 31.2 Å². The van der Waals surface area contributed by atoms with E-state index in [1.54, 1.807) is 18.7 Å². The van der Waals surface area contributed by atoms with Crippen molar-refractivity contribution < 1.29 is 9.53 Å². The van der Waals surface area contributed by atoms with Gasteiger partial charge in [0.25, 0.3) is 0 Å². The Morgan fingerprint density at radius 3 is 3.00 bits per heavy atom. The standard InChI is InChI=1S/C23H22N8O2/c32-21-13-30(8-7-24-21)20-5-4-16(10-25-20)18-12-27-23(31-14-28-29-22(18)31)26-11-15-2-1-3-19-17(15)6-9-33-19/h1-5,10,12,14H,6-9,11,13H2,(H,24,32)(H,26,27). The first-order valence-corrected chi connectivity index (χ1v) is 10.9. The fourth-order valence-corrected chi connectivity index (χ4v) is 4.35. The number of amides is 1. The van der Waals surface area contributed by atoms with E-state index in [1.807, 2.05) is 33.6 Å². The molecule has 0 bridgehead atoms. The van der Waals surface area contributed by atoms with Crippen molar-refractivity contribution in [1.82, 2.24) is 29.9 Å². The molecular formula is C23H22N8O2. The summed E-state index contributed by atoms with van der Waals surface area (Å²) in [5.74, 6) is 2.42. The highest BCUT2D eigenvalue weighted by Crippen LogP contribution is 2.29. The molecule has 0 aliphatic carbocycles. The molecule has 0 radical (unpaired) electrons.